The van der Waals surface area contributed by atoms with Gasteiger partial charge in [0.1, 0.15) is 44.7 Å². The third-order valence-corrected chi connectivity index (χ3v) is 27.9. The molecule has 0 unspecified atom stereocenters. The standard InChI is InChI=1S/C38H25NO.C34H23NO.2C32H21NO/c1-3-10-25(11-4-1)28-22-33(26-12-5-2-6-13-26)31-16-9-17-35(34(31)23-28)39-29-19-20-32-37(24-29)40-36-21-18-27-14-7-8-15-30(27)38(32)36;1-2-7-23(8-3-1)24-13-15-25(16-14-24)27-10-6-11-28(21-27)35-29-18-19-31-33(22-29)36-32-20-17-26-9-4-5-12-30(26)34(31)32;1-3-12-26-21(7-1)9-6-14-27(26)23-10-5-11-24(19-23)33-25-16-18-30-29(20-25)32-28-13-4-2-8-22(28)15-17-31(32)34-30;1-2-8-21(9-3-1)24-17-18-30(27-13-7-6-12-26(24)27)33-23-15-19-31-29(20-23)28-16-14-22-10-4-5-11-25(22)32(28)34-31/h1-24,39H;1-22,35H;2*1-20,33H. The maximum absolute atomic E-state index is 6.34. The first kappa shape index (κ1) is 85.2. The van der Waals surface area contributed by atoms with Gasteiger partial charge in [-0.2, -0.15) is 0 Å². The maximum atomic E-state index is 6.34. The fourth-order valence-corrected chi connectivity index (χ4v) is 21.0. The van der Waals surface area contributed by atoms with Gasteiger partial charge in [0, 0.05) is 117 Å². The van der Waals surface area contributed by atoms with Crippen LogP contribution < -0.4 is 21.3 Å². The molecule has 0 aliphatic heterocycles. The van der Waals surface area contributed by atoms with E-state index in [4.69, 9.17) is 17.7 Å². The molecular weight excluding hydrogens is 1750 g/mol. The average molecular weight is 1840 g/mol. The van der Waals surface area contributed by atoms with E-state index in [0.717, 1.165) is 122 Å². The molecule has 0 bridgehead atoms. The second kappa shape index (κ2) is 36.9. The van der Waals surface area contributed by atoms with E-state index >= 15 is 0 Å². The minimum absolute atomic E-state index is 0.881. The van der Waals surface area contributed by atoms with Gasteiger partial charge in [-0.3, -0.25) is 0 Å². The third kappa shape index (κ3) is 16.3. The van der Waals surface area contributed by atoms with Gasteiger partial charge in [0.15, 0.2) is 0 Å². The summed E-state index contributed by atoms with van der Waals surface area (Å²) in [7, 11) is 0. The molecule has 0 aliphatic rings. The molecule has 4 N–H and O–H groups in total. The topological polar surface area (TPSA) is 101 Å². The minimum atomic E-state index is 0.881. The Kier molecular flexibility index (Phi) is 21.8. The second-order valence-corrected chi connectivity index (χ2v) is 36.8. The van der Waals surface area contributed by atoms with Crippen LogP contribution in [0.15, 0.2) is 539 Å². The van der Waals surface area contributed by atoms with E-state index in [-0.39, 0.29) is 0 Å². The summed E-state index contributed by atoms with van der Waals surface area (Å²) >= 11 is 0. The Hall–Kier alpha value is -19.3. The number of rotatable bonds is 14. The quantitative estimate of drug-likeness (QED) is 0.0854. The van der Waals surface area contributed by atoms with Crippen molar-refractivity contribution in [3.8, 4) is 66.8 Å². The van der Waals surface area contributed by atoms with Crippen LogP contribution in [-0.4, -0.2) is 0 Å². The predicted octanol–water partition coefficient (Wildman–Crippen LogP) is 39.4. The molecule has 0 spiro atoms. The van der Waals surface area contributed by atoms with Gasteiger partial charge in [0.05, 0.1) is 0 Å². The number of benzene rings is 25. The van der Waals surface area contributed by atoms with Crippen molar-refractivity contribution in [2.45, 2.75) is 0 Å². The zero-order chi connectivity index (χ0) is 95.3. The molecule has 678 valence electrons. The van der Waals surface area contributed by atoms with Crippen molar-refractivity contribution in [3.05, 3.63) is 522 Å². The summed E-state index contributed by atoms with van der Waals surface area (Å²) < 4.78 is 25.0. The average Bonchev–Trinajstić information content (AvgIpc) is 1.54. The second-order valence-electron chi connectivity index (χ2n) is 36.8. The van der Waals surface area contributed by atoms with Crippen molar-refractivity contribution >= 4 is 209 Å². The Balaban J connectivity index is 0.0000000982. The van der Waals surface area contributed by atoms with Crippen LogP contribution in [0.3, 0.4) is 0 Å². The summed E-state index contributed by atoms with van der Waals surface area (Å²) in [6.45, 7) is 0. The molecule has 4 heterocycles. The van der Waals surface area contributed by atoms with Crippen LogP contribution in [0.1, 0.15) is 0 Å². The Bertz CT molecular complexity index is 9980. The lowest BCUT2D eigenvalue weighted by atomic mass is 9.92. The highest BCUT2D eigenvalue weighted by molar-refractivity contribution is 6.23. The SMILES string of the molecule is c1cc(Nc2ccc3oc4ccc5ccccc5c4c3c2)cc(-c2cccc3ccccc23)c1.c1ccc(-c2cc(-c3ccccc3)c3cccc(Nc4ccc5c(c4)oc4ccc6ccccc6c45)c3c2)cc1.c1ccc(-c2ccc(-c3cccc(Nc4ccc5c(c4)oc4ccc6ccccc6c45)c3)cc2)cc1.c1ccc(-c2ccc(Nc3ccc4oc5c6ccccc6ccc5c4c3)c3ccccc23)cc1. The molecule has 0 saturated heterocycles. The molecule has 8 nitrogen and oxygen atoms in total. The number of nitrogens with one attached hydrogen (secondary N) is 4. The van der Waals surface area contributed by atoms with E-state index in [1.807, 2.05) is 6.07 Å². The number of anilines is 8. The molecule has 0 atom stereocenters. The minimum Gasteiger partial charge on any atom is -0.456 e. The fourth-order valence-electron chi connectivity index (χ4n) is 21.0. The van der Waals surface area contributed by atoms with Gasteiger partial charge in [-0.25, -0.2) is 0 Å². The van der Waals surface area contributed by atoms with Crippen LogP contribution in [0, 0.1) is 0 Å². The Morgan fingerprint density at radius 1 is 0.125 bits per heavy atom. The van der Waals surface area contributed by atoms with Crippen molar-refractivity contribution < 1.29 is 17.7 Å². The van der Waals surface area contributed by atoms with Gasteiger partial charge in [-0.05, 0) is 259 Å². The van der Waals surface area contributed by atoms with Gasteiger partial charge in [-0.1, -0.05) is 376 Å². The highest BCUT2D eigenvalue weighted by Gasteiger charge is 2.21. The molecule has 0 amide bonds. The van der Waals surface area contributed by atoms with Crippen molar-refractivity contribution in [1.82, 2.24) is 0 Å². The lowest BCUT2D eigenvalue weighted by Gasteiger charge is -2.15. The number of hydrogen-bond donors (Lipinski definition) is 4. The fraction of sp³-hybridized carbons (Fsp3) is 0. The molecule has 0 radical (unpaired) electrons. The molecule has 25 aromatic carbocycles. The molecule has 29 rings (SSSR count). The summed E-state index contributed by atoms with van der Waals surface area (Å²) in [6.07, 6.45) is 0. The molecule has 0 saturated carbocycles. The van der Waals surface area contributed by atoms with Crippen LogP contribution in [0.5, 0.6) is 0 Å². The van der Waals surface area contributed by atoms with E-state index in [2.05, 4.69) is 537 Å². The molecule has 144 heavy (non-hydrogen) atoms. The van der Waals surface area contributed by atoms with Crippen LogP contribution >= 0.6 is 0 Å². The van der Waals surface area contributed by atoms with Gasteiger partial charge in [0.2, 0.25) is 0 Å². The number of furan rings is 4. The Labute approximate surface area is 830 Å². The van der Waals surface area contributed by atoms with Crippen LogP contribution in [0.4, 0.5) is 45.5 Å². The maximum Gasteiger partial charge on any atom is 0.143 e. The Morgan fingerprint density at radius 2 is 0.472 bits per heavy atom. The van der Waals surface area contributed by atoms with E-state index in [9.17, 15) is 0 Å². The molecule has 0 aliphatic carbocycles. The van der Waals surface area contributed by atoms with Gasteiger partial charge in [0.25, 0.3) is 0 Å². The summed E-state index contributed by atoms with van der Waals surface area (Å²) in [4.78, 5) is 0. The predicted molar refractivity (Wildman–Crippen MR) is 609 cm³/mol. The van der Waals surface area contributed by atoms with E-state index in [1.165, 1.54) is 153 Å². The molecule has 4 aromatic heterocycles. The van der Waals surface area contributed by atoms with Crippen molar-refractivity contribution in [2.24, 2.45) is 0 Å². The smallest absolute Gasteiger partial charge is 0.143 e. The summed E-state index contributed by atoms with van der Waals surface area (Å²) in [5, 5.41) is 40.8. The van der Waals surface area contributed by atoms with E-state index in [1.54, 1.807) is 0 Å². The summed E-state index contributed by atoms with van der Waals surface area (Å²) in [6, 6.07) is 183. The highest BCUT2D eigenvalue weighted by atomic mass is 16.3. The van der Waals surface area contributed by atoms with Crippen molar-refractivity contribution in [3.63, 3.8) is 0 Å². The molecule has 0 fully saturated rings. The zero-order valence-corrected chi connectivity index (χ0v) is 78.3. The van der Waals surface area contributed by atoms with E-state index < -0.39 is 0 Å². The molecule has 29 aromatic rings. The summed E-state index contributed by atoms with van der Waals surface area (Å²) in [5.41, 5.74) is 30.2. The van der Waals surface area contributed by atoms with Crippen molar-refractivity contribution in [2.75, 3.05) is 21.3 Å². The Morgan fingerprint density at radius 3 is 1.06 bits per heavy atom. The largest absolute Gasteiger partial charge is 0.456 e. The lowest BCUT2D eigenvalue weighted by Crippen LogP contribution is -1.93. The lowest BCUT2D eigenvalue weighted by molar-refractivity contribution is 0.669. The van der Waals surface area contributed by atoms with Crippen molar-refractivity contribution in [1.29, 1.82) is 0 Å². The first-order valence-electron chi connectivity index (χ1n) is 48.9. The van der Waals surface area contributed by atoms with Gasteiger partial charge in [-0.15, -0.1) is 0 Å². The monoisotopic (exact) mass is 1840 g/mol. The third-order valence-electron chi connectivity index (χ3n) is 27.9. The molecular formula is C136H90N4O4. The first-order chi connectivity index (χ1) is 71.3. The van der Waals surface area contributed by atoms with Crippen LogP contribution in [-0.2, 0) is 0 Å². The van der Waals surface area contributed by atoms with Gasteiger partial charge >= 0.3 is 0 Å². The summed E-state index contributed by atoms with van der Waals surface area (Å²) in [5.74, 6) is 0. The normalized spacial score (nSPS) is 11.5. The zero-order valence-electron chi connectivity index (χ0n) is 78.3. The highest BCUT2D eigenvalue weighted by Crippen LogP contribution is 2.46. The van der Waals surface area contributed by atoms with E-state index in [0.29, 0.717) is 0 Å². The van der Waals surface area contributed by atoms with Crippen LogP contribution in [0.2, 0.25) is 0 Å². The number of hydrogen-bond acceptors (Lipinski definition) is 8. The molecule has 8 heteroatoms. The first-order valence-corrected chi connectivity index (χ1v) is 48.9. The van der Waals surface area contributed by atoms with Gasteiger partial charge < -0.3 is 38.9 Å². The van der Waals surface area contributed by atoms with Crippen LogP contribution in [0.25, 0.3) is 230 Å². The number of fused-ring (bicyclic) bond motifs is 23.